The molecule has 11 heteroatoms. The minimum absolute atomic E-state index is 0.118. The minimum atomic E-state index is -0.522. The normalized spacial score (nSPS) is 11.0. The van der Waals surface area contributed by atoms with Crippen LogP contribution in [0.25, 0.3) is 11.3 Å². The molecule has 0 aliphatic rings. The van der Waals surface area contributed by atoms with E-state index in [2.05, 4.69) is 10.5 Å². The first kappa shape index (κ1) is 25.2. The highest BCUT2D eigenvalue weighted by atomic mass is 35.5. The zero-order valence-corrected chi connectivity index (χ0v) is 20.6. The zero-order chi connectivity index (χ0) is 25.7. The number of non-ortho nitro benzene ring substituents is 1. The van der Waals surface area contributed by atoms with Crippen LogP contribution in [0.1, 0.15) is 21.7 Å². The summed E-state index contributed by atoms with van der Waals surface area (Å²) in [7, 11) is 0. The van der Waals surface area contributed by atoms with Gasteiger partial charge in [-0.2, -0.15) is 5.10 Å². The Bertz CT molecular complexity index is 1470. The van der Waals surface area contributed by atoms with Gasteiger partial charge < -0.3 is 9.15 Å². The van der Waals surface area contributed by atoms with E-state index in [-0.39, 0.29) is 17.9 Å². The van der Waals surface area contributed by atoms with Crippen molar-refractivity contribution < 1.29 is 18.9 Å². The lowest BCUT2D eigenvalue weighted by molar-refractivity contribution is -0.384. The average Bonchev–Trinajstić information content (AvgIpc) is 3.32. The number of para-hydroxylation sites is 1. The van der Waals surface area contributed by atoms with Gasteiger partial charge in [-0.25, -0.2) is 5.43 Å². The van der Waals surface area contributed by atoms with Crippen LogP contribution in [0, 0.1) is 10.1 Å². The molecule has 36 heavy (non-hydrogen) atoms. The van der Waals surface area contributed by atoms with Gasteiger partial charge in [-0.15, -0.1) is 0 Å². The van der Waals surface area contributed by atoms with Crippen LogP contribution in [-0.2, 0) is 6.61 Å². The van der Waals surface area contributed by atoms with Gasteiger partial charge in [0.25, 0.3) is 11.6 Å². The van der Waals surface area contributed by atoms with E-state index in [1.807, 2.05) is 0 Å². The standard InChI is InChI=1S/C25H16Cl3N3O5/c26-16-6-5-15(22(28)11-16)14-35-23-4-2-1-3-19(23)25(32)30-29-13-18-8-10-24(36-18)20-12-17(31(33)34)7-9-21(20)27/h1-13H,14H2,(H,30,32)/b29-13+. The lowest BCUT2D eigenvalue weighted by Crippen LogP contribution is -2.18. The van der Waals surface area contributed by atoms with Crippen LogP contribution >= 0.6 is 34.8 Å². The number of nitro groups is 1. The number of nitrogens with one attached hydrogen (secondary N) is 1. The monoisotopic (exact) mass is 543 g/mol. The fourth-order valence-corrected chi connectivity index (χ4v) is 3.85. The Labute approximate surface area is 220 Å². The van der Waals surface area contributed by atoms with Crippen molar-refractivity contribution in [1.82, 2.24) is 5.43 Å². The molecule has 0 spiro atoms. The van der Waals surface area contributed by atoms with Crippen molar-refractivity contribution in [2.24, 2.45) is 5.10 Å². The van der Waals surface area contributed by atoms with Gasteiger partial charge in [-0.3, -0.25) is 14.9 Å². The topological polar surface area (TPSA) is 107 Å². The van der Waals surface area contributed by atoms with E-state index in [0.717, 1.165) is 0 Å². The summed E-state index contributed by atoms with van der Waals surface area (Å²) in [4.78, 5) is 23.2. The van der Waals surface area contributed by atoms with Gasteiger partial charge >= 0.3 is 0 Å². The molecular formula is C25H16Cl3N3O5. The fourth-order valence-electron chi connectivity index (χ4n) is 3.17. The van der Waals surface area contributed by atoms with Crippen LogP contribution in [0.2, 0.25) is 15.1 Å². The predicted molar refractivity (Wildman–Crippen MR) is 138 cm³/mol. The highest BCUT2D eigenvalue weighted by molar-refractivity contribution is 6.35. The van der Waals surface area contributed by atoms with Crippen molar-refractivity contribution in [1.29, 1.82) is 0 Å². The number of hydrazone groups is 1. The number of amides is 1. The molecule has 182 valence electrons. The average molecular weight is 545 g/mol. The molecular weight excluding hydrogens is 529 g/mol. The molecule has 1 heterocycles. The third-order valence-corrected chi connectivity index (χ3v) is 5.86. The van der Waals surface area contributed by atoms with E-state index >= 15 is 0 Å². The van der Waals surface area contributed by atoms with E-state index in [9.17, 15) is 14.9 Å². The molecule has 1 aromatic heterocycles. The predicted octanol–water partition coefficient (Wildman–Crippen LogP) is 7.16. The molecule has 0 saturated carbocycles. The number of hydrogen-bond acceptors (Lipinski definition) is 6. The van der Waals surface area contributed by atoms with E-state index in [0.29, 0.717) is 43.5 Å². The molecule has 0 atom stereocenters. The van der Waals surface area contributed by atoms with Crippen molar-refractivity contribution in [2.75, 3.05) is 0 Å². The second kappa shape index (κ2) is 11.3. The van der Waals surface area contributed by atoms with Crippen LogP contribution in [0.3, 0.4) is 0 Å². The highest BCUT2D eigenvalue weighted by Crippen LogP contribution is 2.32. The number of nitro benzene ring substituents is 1. The van der Waals surface area contributed by atoms with Gasteiger partial charge in [0.1, 0.15) is 23.9 Å². The second-order valence-electron chi connectivity index (χ2n) is 7.34. The van der Waals surface area contributed by atoms with E-state index in [4.69, 9.17) is 44.0 Å². The van der Waals surface area contributed by atoms with Crippen molar-refractivity contribution >= 4 is 52.6 Å². The molecule has 1 N–H and O–H groups in total. The Balaban J connectivity index is 1.43. The van der Waals surface area contributed by atoms with Gasteiger partial charge in [0, 0.05) is 33.3 Å². The molecule has 0 saturated heterocycles. The smallest absolute Gasteiger partial charge is 0.275 e. The fraction of sp³-hybridized carbons (Fsp3) is 0.0400. The maximum absolute atomic E-state index is 12.7. The Kier molecular flexibility index (Phi) is 7.90. The lowest BCUT2D eigenvalue weighted by atomic mass is 10.1. The van der Waals surface area contributed by atoms with Crippen molar-refractivity contribution in [3.8, 4) is 17.1 Å². The number of furan rings is 1. The molecule has 4 aromatic rings. The van der Waals surface area contributed by atoms with Gasteiger partial charge in [0.2, 0.25) is 0 Å². The Morgan fingerprint density at radius 3 is 2.61 bits per heavy atom. The summed E-state index contributed by atoms with van der Waals surface area (Å²) in [5.74, 6) is 0.459. The summed E-state index contributed by atoms with van der Waals surface area (Å²) in [5, 5.41) is 16.2. The Morgan fingerprint density at radius 1 is 1.03 bits per heavy atom. The molecule has 0 fully saturated rings. The quantitative estimate of drug-likeness (QED) is 0.144. The van der Waals surface area contributed by atoms with Crippen LogP contribution in [0.5, 0.6) is 5.75 Å². The number of halogens is 3. The number of benzene rings is 3. The molecule has 0 aliphatic heterocycles. The minimum Gasteiger partial charge on any atom is -0.488 e. The largest absolute Gasteiger partial charge is 0.488 e. The molecule has 0 bridgehead atoms. The summed E-state index contributed by atoms with van der Waals surface area (Å²) in [6.07, 6.45) is 1.30. The first-order chi connectivity index (χ1) is 17.3. The van der Waals surface area contributed by atoms with Gasteiger partial charge in [-0.1, -0.05) is 53.0 Å². The molecule has 3 aromatic carbocycles. The van der Waals surface area contributed by atoms with E-state index < -0.39 is 10.8 Å². The molecule has 0 aliphatic carbocycles. The van der Waals surface area contributed by atoms with Crippen molar-refractivity contribution in [3.63, 3.8) is 0 Å². The third-order valence-electron chi connectivity index (χ3n) is 4.94. The maximum atomic E-state index is 12.7. The van der Waals surface area contributed by atoms with Crippen molar-refractivity contribution in [2.45, 2.75) is 6.61 Å². The molecule has 4 rings (SSSR count). The van der Waals surface area contributed by atoms with Gasteiger partial charge in [0.15, 0.2) is 0 Å². The Morgan fingerprint density at radius 2 is 1.83 bits per heavy atom. The van der Waals surface area contributed by atoms with Gasteiger partial charge in [-0.05, 0) is 42.5 Å². The third kappa shape index (κ3) is 6.04. The molecule has 8 nitrogen and oxygen atoms in total. The number of carbonyl (C=O) groups is 1. The van der Waals surface area contributed by atoms with Crippen LogP contribution < -0.4 is 10.2 Å². The molecule has 0 unspecified atom stereocenters. The van der Waals surface area contributed by atoms with Crippen LogP contribution in [-0.4, -0.2) is 17.0 Å². The number of nitrogens with zero attached hydrogens (tertiary/aromatic N) is 2. The summed E-state index contributed by atoms with van der Waals surface area (Å²) in [5.41, 5.74) is 3.65. The maximum Gasteiger partial charge on any atom is 0.275 e. The number of hydrogen-bond donors (Lipinski definition) is 1. The second-order valence-corrected chi connectivity index (χ2v) is 8.59. The summed E-state index contributed by atoms with van der Waals surface area (Å²) in [6, 6.07) is 19.0. The summed E-state index contributed by atoms with van der Waals surface area (Å²) in [6.45, 7) is 0.138. The summed E-state index contributed by atoms with van der Waals surface area (Å²) < 4.78 is 11.4. The van der Waals surface area contributed by atoms with Crippen molar-refractivity contribution in [3.05, 3.63) is 115 Å². The van der Waals surface area contributed by atoms with E-state index in [1.54, 1.807) is 54.6 Å². The number of carbonyl (C=O) groups excluding carboxylic acids is 1. The molecule has 1 amide bonds. The first-order valence-electron chi connectivity index (χ1n) is 10.3. The number of rotatable bonds is 8. The SMILES string of the molecule is O=C(N/N=C/c1ccc(-c2cc([N+](=O)[O-])ccc2Cl)o1)c1ccccc1OCc1ccc(Cl)cc1Cl. The summed E-state index contributed by atoms with van der Waals surface area (Å²) >= 11 is 18.3. The van der Waals surface area contributed by atoms with Crippen LogP contribution in [0.4, 0.5) is 5.69 Å². The molecule has 0 radical (unpaired) electrons. The lowest BCUT2D eigenvalue weighted by Gasteiger charge is -2.11. The highest BCUT2D eigenvalue weighted by Gasteiger charge is 2.15. The van der Waals surface area contributed by atoms with Gasteiger partial charge in [0.05, 0.1) is 21.7 Å². The number of ether oxygens (including phenoxy) is 1. The zero-order valence-electron chi connectivity index (χ0n) is 18.3. The Hall–Kier alpha value is -3.85. The van der Waals surface area contributed by atoms with Crippen LogP contribution in [0.15, 0.2) is 82.3 Å². The van der Waals surface area contributed by atoms with E-state index in [1.165, 1.54) is 24.4 Å². The first-order valence-corrected chi connectivity index (χ1v) is 11.5.